The van der Waals surface area contributed by atoms with Crippen LogP contribution in [-0.4, -0.2) is 23.9 Å². The molecule has 3 heteroatoms. The molecular formula is C16H24N2O. The van der Waals surface area contributed by atoms with Crippen LogP contribution in [0.2, 0.25) is 0 Å². The molecule has 0 aromatic heterocycles. The van der Waals surface area contributed by atoms with Crippen molar-refractivity contribution in [1.29, 1.82) is 0 Å². The summed E-state index contributed by atoms with van der Waals surface area (Å²) in [4.78, 5) is 14.2. The second-order valence-electron chi connectivity index (χ2n) is 5.56. The van der Waals surface area contributed by atoms with Crippen molar-refractivity contribution < 1.29 is 4.79 Å². The monoisotopic (exact) mass is 260 g/mol. The van der Waals surface area contributed by atoms with E-state index >= 15 is 0 Å². The SMILES string of the molecule is CC(CCN)CCC(=O)N1CCc2ccccc2C1. The standard InChI is InChI=1S/C16H24N2O/c1-13(8-10-17)6-7-16(19)18-11-9-14-4-2-3-5-15(14)12-18/h2-5,13H,6-12,17H2,1H3. The lowest BCUT2D eigenvalue weighted by Crippen LogP contribution is -2.36. The molecule has 104 valence electrons. The van der Waals surface area contributed by atoms with E-state index in [4.69, 9.17) is 5.73 Å². The van der Waals surface area contributed by atoms with Gasteiger partial charge in [0.25, 0.3) is 0 Å². The van der Waals surface area contributed by atoms with Gasteiger partial charge in [-0.1, -0.05) is 31.2 Å². The van der Waals surface area contributed by atoms with Gasteiger partial charge in [-0.15, -0.1) is 0 Å². The van der Waals surface area contributed by atoms with Crippen LogP contribution in [0.3, 0.4) is 0 Å². The van der Waals surface area contributed by atoms with Gasteiger partial charge in [0.15, 0.2) is 0 Å². The van der Waals surface area contributed by atoms with Gasteiger partial charge in [0.2, 0.25) is 5.91 Å². The molecule has 0 spiro atoms. The molecule has 1 unspecified atom stereocenters. The van der Waals surface area contributed by atoms with Gasteiger partial charge in [-0.3, -0.25) is 4.79 Å². The van der Waals surface area contributed by atoms with Crippen molar-refractivity contribution in [3.05, 3.63) is 35.4 Å². The van der Waals surface area contributed by atoms with Gasteiger partial charge in [0, 0.05) is 19.5 Å². The molecule has 0 aliphatic carbocycles. The second-order valence-corrected chi connectivity index (χ2v) is 5.56. The van der Waals surface area contributed by atoms with E-state index in [1.54, 1.807) is 0 Å². The number of nitrogens with zero attached hydrogens (tertiary/aromatic N) is 1. The molecule has 1 aliphatic rings. The number of carbonyl (C=O) groups is 1. The predicted octanol–water partition coefficient (Wildman–Crippen LogP) is 2.34. The van der Waals surface area contributed by atoms with Gasteiger partial charge in [-0.2, -0.15) is 0 Å². The summed E-state index contributed by atoms with van der Waals surface area (Å²) in [6, 6.07) is 8.42. The number of rotatable bonds is 5. The van der Waals surface area contributed by atoms with Crippen LogP contribution in [0.15, 0.2) is 24.3 Å². The molecule has 0 fully saturated rings. The first-order valence-electron chi connectivity index (χ1n) is 7.25. The maximum atomic E-state index is 12.2. The molecule has 3 nitrogen and oxygen atoms in total. The van der Waals surface area contributed by atoms with Crippen LogP contribution in [0.1, 0.15) is 37.3 Å². The fraction of sp³-hybridized carbons (Fsp3) is 0.562. The van der Waals surface area contributed by atoms with Gasteiger partial charge in [0.05, 0.1) is 0 Å². The Labute approximate surface area is 115 Å². The van der Waals surface area contributed by atoms with Crippen molar-refractivity contribution in [2.24, 2.45) is 11.7 Å². The van der Waals surface area contributed by atoms with E-state index in [-0.39, 0.29) is 0 Å². The Hall–Kier alpha value is -1.35. The molecule has 19 heavy (non-hydrogen) atoms. The Kier molecular flexibility index (Phi) is 4.97. The number of hydrogen-bond acceptors (Lipinski definition) is 2. The third kappa shape index (κ3) is 3.80. The van der Waals surface area contributed by atoms with Crippen molar-refractivity contribution in [3.8, 4) is 0 Å². The van der Waals surface area contributed by atoms with Crippen LogP contribution in [-0.2, 0) is 17.8 Å². The van der Waals surface area contributed by atoms with Gasteiger partial charge < -0.3 is 10.6 Å². The van der Waals surface area contributed by atoms with Gasteiger partial charge >= 0.3 is 0 Å². The zero-order chi connectivity index (χ0) is 13.7. The Morgan fingerprint density at radius 1 is 1.32 bits per heavy atom. The summed E-state index contributed by atoms with van der Waals surface area (Å²) in [6.07, 6.45) is 3.61. The van der Waals surface area contributed by atoms with E-state index < -0.39 is 0 Å². The molecule has 1 aliphatic heterocycles. The first kappa shape index (κ1) is 14.1. The fourth-order valence-corrected chi connectivity index (χ4v) is 2.67. The lowest BCUT2D eigenvalue weighted by atomic mass is 9.98. The Morgan fingerprint density at radius 3 is 2.79 bits per heavy atom. The zero-order valence-corrected chi connectivity index (χ0v) is 11.8. The quantitative estimate of drug-likeness (QED) is 0.883. The average molecular weight is 260 g/mol. The fourth-order valence-electron chi connectivity index (χ4n) is 2.67. The van der Waals surface area contributed by atoms with Gasteiger partial charge in [-0.05, 0) is 42.9 Å². The highest BCUT2D eigenvalue weighted by molar-refractivity contribution is 5.76. The highest BCUT2D eigenvalue weighted by Gasteiger charge is 2.20. The smallest absolute Gasteiger partial charge is 0.222 e. The number of carbonyl (C=O) groups excluding carboxylic acids is 1. The van der Waals surface area contributed by atoms with Crippen LogP contribution >= 0.6 is 0 Å². The molecule has 0 saturated carbocycles. The largest absolute Gasteiger partial charge is 0.338 e. The number of benzene rings is 1. The Bertz CT molecular complexity index is 431. The second kappa shape index (κ2) is 6.71. The van der Waals surface area contributed by atoms with Crippen LogP contribution in [0.25, 0.3) is 0 Å². The van der Waals surface area contributed by atoms with E-state index in [1.165, 1.54) is 11.1 Å². The van der Waals surface area contributed by atoms with E-state index in [0.717, 1.165) is 32.4 Å². The Balaban J connectivity index is 1.85. The van der Waals surface area contributed by atoms with Crippen molar-refractivity contribution in [2.45, 2.75) is 39.2 Å². The lowest BCUT2D eigenvalue weighted by Gasteiger charge is -2.29. The van der Waals surface area contributed by atoms with Gasteiger partial charge in [-0.25, -0.2) is 0 Å². The van der Waals surface area contributed by atoms with Crippen LogP contribution < -0.4 is 5.73 Å². The molecule has 1 aromatic carbocycles. The molecular weight excluding hydrogens is 236 g/mol. The molecule has 1 aromatic rings. The summed E-state index contributed by atoms with van der Waals surface area (Å²) < 4.78 is 0. The summed E-state index contributed by atoms with van der Waals surface area (Å²) in [5.41, 5.74) is 8.23. The summed E-state index contributed by atoms with van der Waals surface area (Å²) in [5, 5.41) is 0. The summed E-state index contributed by atoms with van der Waals surface area (Å²) in [5.74, 6) is 0.837. The van der Waals surface area contributed by atoms with Crippen molar-refractivity contribution >= 4 is 5.91 Å². The maximum Gasteiger partial charge on any atom is 0.222 e. The van der Waals surface area contributed by atoms with E-state index in [9.17, 15) is 4.79 Å². The van der Waals surface area contributed by atoms with E-state index in [0.29, 0.717) is 24.8 Å². The van der Waals surface area contributed by atoms with Crippen molar-refractivity contribution in [1.82, 2.24) is 4.90 Å². The maximum absolute atomic E-state index is 12.2. The first-order chi connectivity index (χ1) is 9.20. The topological polar surface area (TPSA) is 46.3 Å². The van der Waals surface area contributed by atoms with E-state index in [1.807, 2.05) is 4.90 Å². The van der Waals surface area contributed by atoms with E-state index in [2.05, 4.69) is 31.2 Å². The minimum Gasteiger partial charge on any atom is -0.338 e. The molecule has 0 bridgehead atoms. The van der Waals surface area contributed by atoms with Crippen molar-refractivity contribution in [3.63, 3.8) is 0 Å². The highest BCUT2D eigenvalue weighted by Crippen LogP contribution is 2.20. The molecule has 0 radical (unpaired) electrons. The minimum atomic E-state index is 0.290. The minimum absolute atomic E-state index is 0.290. The molecule has 0 saturated heterocycles. The third-order valence-corrected chi connectivity index (χ3v) is 3.99. The molecule has 2 rings (SSSR count). The Morgan fingerprint density at radius 2 is 2.05 bits per heavy atom. The average Bonchev–Trinajstić information content (AvgIpc) is 2.44. The zero-order valence-electron chi connectivity index (χ0n) is 11.8. The number of hydrogen-bond donors (Lipinski definition) is 1. The number of amides is 1. The lowest BCUT2D eigenvalue weighted by molar-refractivity contribution is -0.132. The normalized spacial score (nSPS) is 16.0. The van der Waals surface area contributed by atoms with Crippen LogP contribution in [0, 0.1) is 5.92 Å². The first-order valence-corrected chi connectivity index (χ1v) is 7.25. The number of nitrogens with two attached hydrogens (primary N) is 1. The predicted molar refractivity (Wildman–Crippen MR) is 77.6 cm³/mol. The molecule has 1 atom stereocenters. The van der Waals surface area contributed by atoms with Gasteiger partial charge in [0.1, 0.15) is 0 Å². The molecule has 2 N–H and O–H groups in total. The van der Waals surface area contributed by atoms with Crippen LogP contribution in [0.4, 0.5) is 0 Å². The third-order valence-electron chi connectivity index (χ3n) is 3.99. The van der Waals surface area contributed by atoms with Crippen molar-refractivity contribution in [2.75, 3.05) is 13.1 Å². The summed E-state index contributed by atoms with van der Waals surface area (Å²) >= 11 is 0. The highest BCUT2D eigenvalue weighted by atomic mass is 16.2. The molecule has 1 heterocycles. The summed E-state index contributed by atoms with van der Waals surface area (Å²) in [6.45, 7) is 4.53. The molecule has 1 amide bonds. The summed E-state index contributed by atoms with van der Waals surface area (Å²) in [7, 11) is 0. The number of fused-ring (bicyclic) bond motifs is 1. The van der Waals surface area contributed by atoms with Crippen LogP contribution in [0.5, 0.6) is 0 Å².